The maximum atomic E-state index is 12.5. The fourth-order valence-corrected chi connectivity index (χ4v) is 5.69. The molecule has 0 bridgehead atoms. The monoisotopic (exact) mass is 481 g/mol. The van der Waals surface area contributed by atoms with Gasteiger partial charge in [-0.05, 0) is 12.1 Å². The van der Waals surface area contributed by atoms with Crippen molar-refractivity contribution in [3.8, 4) is 0 Å². The summed E-state index contributed by atoms with van der Waals surface area (Å²) in [6.45, 7) is 0. The van der Waals surface area contributed by atoms with Crippen molar-refractivity contribution in [2.24, 2.45) is 5.14 Å². The molecule has 0 aromatic heterocycles. The Hall–Kier alpha value is 0.530. The van der Waals surface area contributed by atoms with Gasteiger partial charge in [0.15, 0.2) is 0 Å². The number of hydrogen-bond acceptors (Lipinski definition) is 6. The van der Waals surface area contributed by atoms with Gasteiger partial charge in [-0.2, -0.15) is 17.5 Å². The predicted octanol–water partition coefficient (Wildman–Crippen LogP) is 0.739. The molecule has 1 aromatic carbocycles. The molecule has 0 fully saturated rings. The standard InChI is InChI=1S/C11H13ClF3N3O4S3.Ca.2H/c1-18-10(4-23-5-11(13,14)15)17-7-2-6(12)8(24(16,19)20)3-9(7)25(18,21)22;;;/h2-3,10,17H,4-5H2,1H3,(H2,16,19,20);;;. The number of sulfonamides is 2. The number of halogens is 4. The van der Waals surface area contributed by atoms with E-state index in [1.165, 1.54) is 7.05 Å². The van der Waals surface area contributed by atoms with Crippen LogP contribution in [0.15, 0.2) is 21.9 Å². The number of thioether (sulfide) groups is 1. The normalized spacial score (nSPS) is 20.0. The predicted molar refractivity (Wildman–Crippen MR) is 97.1 cm³/mol. The van der Waals surface area contributed by atoms with Crippen molar-refractivity contribution < 1.29 is 30.0 Å². The third kappa shape index (κ3) is 5.54. The molecule has 2 rings (SSSR count). The quantitative estimate of drug-likeness (QED) is 0.614. The van der Waals surface area contributed by atoms with Crippen LogP contribution in [0.1, 0.15) is 0 Å². The van der Waals surface area contributed by atoms with Gasteiger partial charge in [-0.25, -0.2) is 22.0 Å². The van der Waals surface area contributed by atoms with E-state index >= 15 is 0 Å². The summed E-state index contributed by atoms with van der Waals surface area (Å²) in [5, 5.41) is 7.45. The summed E-state index contributed by atoms with van der Waals surface area (Å²) < 4.78 is 85.6. The Morgan fingerprint density at radius 1 is 1.38 bits per heavy atom. The number of benzene rings is 1. The van der Waals surface area contributed by atoms with Crippen LogP contribution in [-0.4, -0.2) is 89.8 Å². The average molecular weight is 482 g/mol. The Morgan fingerprint density at radius 3 is 2.46 bits per heavy atom. The molecule has 1 aliphatic heterocycles. The molecule has 0 amide bonds. The van der Waals surface area contributed by atoms with Crippen molar-refractivity contribution in [2.45, 2.75) is 22.1 Å². The van der Waals surface area contributed by atoms with Gasteiger partial charge in [0, 0.05) is 12.8 Å². The number of primary sulfonamides is 1. The van der Waals surface area contributed by atoms with Crippen LogP contribution in [0, 0.1) is 0 Å². The molecular formula is C11H15CaClF3N3O4S3. The third-order valence-corrected chi connectivity index (χ3v) is 7.66. The molecule has 0 spiro atoms. The first-order chi connectivity index (χ1) is 11.2. The Balaban J connectivity index is 0.00000338. The molecule has 1 heterocycles. The Morgan fingerprint density at radius 2 is 1.96 bits per heavy atom. The third-order valence-electron chi connectivity index (χ3n) is 3.30. The molecule has 15 heteroatoms. The van der Waals surface area contributed by atoms with Gasteiger partial charge in [-0.15, -0.1) is 11.8 Å². The van der Waals surface area contributed by atoms with Crippen molar-refractivity contribution >= 4 is 86.8 Å². The van der Waals surface area contributed by atoms with Crippen LogP contribution in [0.4, 0.5) is 18.9 Å². The molecule has 146 valence electrons. The van der Waals surface area contributed by atoms with E-state index in [2.05, 4.69) is 5.32 Å². The van der Waals surface area contributed by atoms with Crippen LogP contribution in [0.25, 0.3) is 0 Å². The van der Waals surface area contributed by atoms with E-state index in [-0.39, 0.29) is 59.1 Å². The van der Waals surface area contributed by atoms with E-state index in [1.807, 2.05) is 0 Å². The summed E-state index contributed by atoms with van der Waals surface area (Å²) in [5.41, 5.74) is -0.00638. The van der Waals surface area contributed by atoms with Gasteiger partial charge in [0.05, 0.1) is 16.5 Å². The minimum absolute atomic E-state index is 0. The fourth-order valence-electron chi connectivity index (χ4n) is 2.10. The summed E-state index contributed by atoms with van der Waals surface area (Å²) >= 11 is 6.34. The molecule has 0 saturated carbocycles. The van der Waals surface area contributed by atoms with E-state index in [0.29, 0.717) is 11.8 Å². The SMILES string of the molecule is CN1C(CSCC(F)(F)F)Nc2cc(Cl)c(S(N)(=O)=O)cc2S1(=O)=O.[CaH2]. The molecular weight excluding hydrogens is 467 g/mol. The summed E-state index contributed by atoms with van der Waals surface area (Å²) in [5.74, 6) is -1.31. The Labute approximate surface area is 187 Å². The topological polar surface area (TPSA) is 110 Å². The zero-order valence-electron chi connectivity index (χ0n) is 12.5. The van der Waals surface area contributed by atoms with Crippen LogP contribution in [0.3, 0.4) is 0 Å². The molecule has 1 unspecified atom stereocenters. The number of anilines is 1. The van der Waals surface area contributed by atoms with Crippen LogP contribution in [0.5, 0.6) is 0 Å². The van der Waals surface area contributed by atoms with E-state index in [1.54, 1.807) is 0 Å². The second-order valence-corrected chi connectivity index (χ2v) is 10.1. The number of rotatable bonds is 4. The number of nitrogens with one attached hydrogen (secondary N) is 1. The van der Waals surface area contributed by atoms with E-state index in [4.69, 9.17) is 16.7 Å². The van der Waals surface area contributed by atoms with Crippen molar-refractivity contribution in [1.82, 2.24) is 4.31 Å². The van der Waals surface area contributed by atoms with Gasteiger partial charge in [0.1, 0.15) is 16.0 Å². The average Bonchev–Trinajstić information content (AvgIpc) is 2.41. The summed E-state index contributed by atoms with van der Waals surface area (Å²) in [6.07, 6.45) is -5.33. The number of hydrogen-bond donors (Lipinski definition) is 2. The molecule has 0 aliphatic carbocycles. The molecule has 0 radical (unpaired) electrons. The zero-order valence-corrected chi connectivity index (χ0v) is 15.7. The van der Waals surface area contributed by atoms with E-state index < -0.39 is 43.0 Å². The summed E-state index contributed by atoms with van der Waals surface area (Å²) in [6, 6.07) is 1.90. The molecule has 7 nitrogen and oxygen atoms in total. The zero-order chi connectivity index (χ0) is 19.2. The van der Waals surface area contributed by atoms with Crippen LogP contribution in [0.2, 0.25) is 5.02 Å². The number of nitrogens with zero attached hydrogens (tertiary/aromatic N) is 1. The van der Waals surface area contributed by atoms with Crippen LogP contribution in [-0.2, 0) is 20.0 Å². The van der Waals surface area contributed by atoms with Crippen LogP contribution < -0.4 is 10.5 Å². The Bertz CT molecular complexity index is 896. The van der Waals surface area contributed by atoms with Crippen LogP contribution >= 0.6 is 23.4 Å². The van der Waals surface area contributed by atoms with Gasteiger partial charge in [0.25, 0.3) is 0 Å². The summed E-state index contributed by atoms with van der Waals surface area (Å²) in [4.78, 5) is -0.933. The van der Waals surface area contributed by atoms with Crippen molar-refractivity contribution in [3.05, 3.63) is 17.2 Å². The molecule has 0 saturated heterocycles. The van der Waals surface area contributed by atoms with E-state index in [9.17, 15) is 30.0 Å². The van der Waals surface area contributed by atoms with Crippen molar-refractivity contribution in [1.29, 1.82) is 0 Å². The molecule has 1 atom stereocenters. The first-order valence-corrected chi connectivity index (χ1v) is 11.0. The van der Waals surface area contributed by atoms with Gasteiger partial charge in [-0.3, -0.25) is 0 Å². The first kappa shape index (κ1) is 24.6. The summed E-state index contributed by atoms with van der Waals surface area (Å²) in [7, 11) is -7.21. The number of alkyl halides is 3. The second kappa shape index (κ2) is 8.49. The van der Waals surface area contributed by atoms with Gasteiger partial charge < -0.3 is 5.32 Å². The first-order valence-electron chi connectivity index (χ1n) is 6.49. The molecule has 1 aromatic rings. The number of fused-ring (bicyclic) bond motifs is 1. The minimum atomic E-state index is -4.37. The molecule has 1 aliphatic rings. The van der Waals surface area contributed by atoms with Gasteiger partial charge >= 0.3 is 43.9 Å². The van der Waals surface area contributed by atoms with Gasteiger partial charge in [-0.1, -0.05) is 11.6 Å². The van der Waals surface area contributed by atoms with Gasteiger partial charge in [0.2, 0.25) is 20.0 Å². The van der Waals surface area contributed by atoms with Crippen molar-refractivity contribution in [3.63, 3.8) is 0 Å². The second-order valence-electron chi connectivity index (χ2n) is 5.14. The molecule has 3 N–H and O–H groups in total. The van der Waals surface area contributed by atoms with E-state index in [0.717, 1.165) is 16.4 Å². The Kier molecular flexibility index (Phi) is 8.02. The fraction of sp³-hybridized carbons (Fsp3) is 0.455. The maximum absolute atomic E-state index is 12.5. The van der Waals surface area contributed by atoms with Crippen molar-refractivity contribution in [2.75, 3.05) is 23.9 Å². The molecule has 26 heavy (non-hydrogen) atoms. The number of nitrogens with two attached hydrogens (primary N) is 1.